The molecule has 2 heterocycles. The summed E-state index contributed by atoms with van der Waals surface area (Å²) in [4.78, 5) is 20.3. The van der Waals surface area contributed by atoms with Crippen molar-refractivity contribution in [2.45, 2.75) is 19.3 Å². The molecule has 0 radical (unpaired) electrons. The lowest BCUT2D eigenvalue weighted by molar-refractivity contribution is 0.661. The fraction of sp³-hybridized carbons (Fsp3) is 0.0526. The molecule has 0 atom stereocenters. The molecule has 4 heteroatoms. The van der Waals surface area contributed by atoms with Crippen molar-refractivity contribution in [3.8, 4) is 89.9 Å². The summed E-state index contributed by atoms with van der Waals surface area (Å²) in [6, 6.07) is 72.7. The van der Waals surface area contributed by atoms with Crippen LogP contribution in [0.2, 0.25) is 0 Å². The average Bonchev–Trinajstić information content (AvgIpc) is 3.56. The summed E-state index contributed by atoms with van der Waals surface area (Å²) in [5.41, 5.74) is 17.8. The number of rotatable bonds is 7. The minimum Gasteiger partial charge on any atom is -0.248 e. The van der Waals surface area contributed by atoms with Gasteiger partial charge in [0.05, 0.1) is 11.2 Å². The van der Waals surface area contributed by atoms with E-state index < -0.39 is 0 Å². The highest BCUT2D eigenvalue weighted by Crippen LogP contribution is 2.51. The first-order chi connectivity index (χ1) is 30.0. The van der Waals surface area contributed by atoms with Gasteiger partial charge < -0.3 is 0 Å². The van der Waals surface area contributed by atoms with Crippen LogP contribution in [-0.2, 0) is 5.41 Å². The van der Waals surface area contributed by atoms with Gasteiger partial charge in [0.2, 0.25) is 0 Å². The van der Waals surface area contributed by atoms with Crippen LogP contribution in [0.4, 0.5) is 0 Å². The minimum absolute atomic E-state index is 0.135. The molecule has 10 aromatic rings. The van der Waals surface area contributed by atoms with Gasteiger partial charge in [-0.25, -0.2) is 19.9 Å². The summed E-state index contributed by atoms with van der Waals surface area (Å²) in [5, 5.41) is 1.14. The topological polar surface area (TPSA) is 51.6 Å². The lowest BCUT2D eigenvalue weighted by Crippen LogP contribution is -2.14. The molecule has 0 saturated carbocycles. The molecule has 288 valence electrons. The van der Waals surface area contributed by atoms with Crippen LogP contribution in [0.1, 0.15) is 25.0 Å². The van der Waals surface area contributed by atoms with Gasteiger partial charge in [-0.1, -0.05) is 196 Å². The summed E-state index contributed by atoms with van der Waals surface area (Å²) in [5.74, 6) is 1.93. The van der Waals surface area contributed by atoms with E-state index in [4.69, 9.17) is 19.9 Å². The molecule has 0 spiro atoms. The molecule has 8 aromatic carbocycles. The van der Waals surface area contributed by atoms with E-state index in [0.717, 1.165) is 66.7 Å². The van der Waals surface area contributed by atoms with Crippen molar-refractivity contribution >= 4 is 10.9 Å². The Morgan fingerprint density at radius 1 is 0.295 bits per heavy atom. The molecule has 1 aliphatic rings. The molecule has 0 aliphatic heterocycles. The van der Waals surface area contributed by atoms with E-state index in [1.807, 2.05) is 60.7 Å². The predicted molar refractivity (Wildman–Crippen MR) is 251 cm³/mol. The second-order valence-corrected chi connectivity index (χ2v) is 16.2. The third kappa shape index (κ3) is 6.50. The fourth-order valence-electron chi connectivity index (χ4n) is 8.99. The van der Waals surface area contributed by atoms with Crippen molar-refractivity contribution < 1.29 is 0 Å². The highest BCUT2D eigenvalue weighted by atomic mass is 15.0. The normalized spacial score (nSPS) is 12.6. The van der Waals surface area contributed by atoms with E-state index in [9.17, 15) is 0 Å². The Bertz CT molecular complexity index is 3190. The van der Waals surface area contributed by atoms with E-state index in [0.29, 0.717) is 17.5 Å². The molecule has 0 fully saturated rings. The van der Waals surface area contributed by atoms with Crippen LogP contribution in [0.5, 0.6) is 0 Å². The summed E-state index contributed by atoms with van der Waals surface area (Å²) < 4.78 is 0. The maximum atomic E-state index is 5.46. The molecule has 0 unspecified atom stereocenters. The summed E-state index contributed by atoms with van der Waals surface area (Å²) in [6.07, 6.45) is 0. The quantitative estimate of drug-likeness (QED) is 0.162. The van der Waals surface area contributed by atoms with Crippen LogP contribution in [0, 0.1) is 0 Å². The maximum Gasteiger partial charge on any atom is 0.164 e. The van der Waals surface area contributed by atoms with Gasteiger partial charge in [-0.15, -0.1) is 0 Å². The zero-order valence-corrected chi connectivity index (χ0v) is 33.9. The highest BCUT2D eigenvalue weighted by molar-refractivity contribution is 6.02. The molecule has 0 bridgehead atoms. The van der Waals surface area contributed by atoms with Gasteiger partial charge in [0.15, 0.2) is 17.5 Å². The number of benzene rings is 8. The van der Waals surface area contributed by atoms with Gasteiger partial charge in [-0.05, 0) is 79.9 Å². The van der Waals surface area contributed by atoms with Gasteiger partial charge in [0, 0.05) is 33.1 Å². The van der Waals surface area contributed by atoms with Gasteiger partial charge >= 0.3 is 0 Å². The summed E-state index contributed by atoms with van der Waals surface area (Å²) in [7, 11) is 0. The van der Waals surface area contributed by atoms with Crippen molar-refractivity contribution in [2.24, 2.45) is 0 Å². The van der Waals surface area contributed by atoms with Crippen LogP contribution in [-0.4, -0.2) is 19.9 Å². The molecule has 61 heavy (non-hydrogen) atoms. The zero-order valence-electron chi connectivity index (χ0n) is 33.9. The van der Waals surface area contributed by atoms with Crippen molar-refractivity contribution in [2.75, 3.05) is 0 Å². The van der Waals surface area contributed by atoms with Crippen molar-refractivity contribution in [1.29, 1.82) is 0 Å². The van der Waals surface area contributed by atoms with E-state index in [-0.39, 0.29) is 5.41 Å². The monoisotopic (exact) mass is 780 g/mol. The van der Waals surface area contributed by atoms with Crippen LogP contribution in [0.15, 0.2) is 206 Å². The summed E-state index contributed by atoms with van der Waals surface area (Å²) in [6.45, 7) is 4.66. The molecule has 4 nitrogen and oxygen atoms in total. The largest absolute Gasteiger partial charge is 0.248 e. The van der Waals surface area contributed by atoms with Crippen LogP contribution < -0.4 is 0 Å². The number of pyridine rings is 1. The fourth-order valence-corrected chi connectivity index (χ4v) is 8.99. The minimum atomic E-state index is -0.135. The van der Waals surface area contributed by atoms with Crippen molar-refractivity contribution in [3.05, 3.63) is 217 Å². The lowest BCUT2D eigenvalue weighted by atomic mass is 9.82. The molecule has 0 N–H and O–H groups in total. The molecule has 11 rings (SSSR count). The first kappa shape index (κ1) is 36.3. The third-order valence-electron chi connectivity index (χ3n) is 12.1. The smallest absolute Gasteiger partial charge is 0.164 e. The van der Waals surface area contributed by atoms with Crippen molar-refractivity contribution in [1.82, 2.24) is 19.9 Å². The lowest BCUT2D eigenvalue weighted by Gasteiger charge is -2.22. The molecule has 2 aromatic heterocycles. The molecule has 0 saturated heterocycles. The second kappa shape index (κ2) is 14.8. The van der Waals surface area contributed by atoms with Crippen LogP contribution >= 0.6 is 0 Å². The van der Waals surface area contributed by atoms with E-state index in [1.54, 1.807) is 0 Å². The Hall–Kier alpha value is -7.82. The van der Waals surface area contributed by atoms with Crippen LogP contribution in [0.3, 0.4) is 0 Å². The Balaban J connectivity index is 1.03. The SMILES string of the molecule is CC1(C)c2ccccc2-c2cc3c(-c4ccc(-c5cccc(-c6nc(-c7ccccc7)nc(-c7ccccc7)n6)c5)cc4)cc(-c4ccccc4-c4ccccc4)nc3cc21. The Morgan fingerprint density at radius 3 is 1.44 bits per heavy atom. The number of aromatic nitrogens is 4. The molecular weight excluding hydrogens is 741 g/mol. The maximum absolute atomic E-state index is 5.46. The van der Waals surface area contributed by atoms with Gasteiger partial charge in [-0.2, -0.15) is 0 Å². The van der Waals surface area contributed by atoms with Gasteiger partial charge in [0.25, 0.3) is 0 Å². The number of hydrogen-bond acceptors (Lipinski definition) is 4. The molecular formula is C57H40N4. The third-order valence-corrected chi connectivity index (χ3v) is 12.1. The van der Waals surface area contributed by atoms with E-state index in [2.05, 4.69) is 159 Å². The van der Waals surface area contributed by atoms with Crippen LogP contribution in [0.25, 0.3) is 101 Å². The highest BCUT2D eigenvalue weighted by Gasteiger charge is 2.36. The van der Waals surface area contributed by atoms with E-state index in [1.165, 1.54) is 27.8 Å². The summed E-state index contributed by atoms with van der Waals surface area (Å²) >= 11 is 0. The number of nitrogens with zero attached hydrogens (tertiary/aromatic N) is 4. The number of fused-ring (bicyclic) bond motifs is 4. The molecule has 0 amide bonds. The van der Waals surface area contributed by atoms with Gasteiger partial charge in [-0.3, -0.25) is 0 Å². The first-order valence-electron chi connectivity index (χ1n) is 20.8. The standard InChI is InChI=1S/C57H40N4/c1-57(2)50-28-15-14-26-45(50)48-34-49-47(35-52(58-53(49)36-51(48)57)46-27-13-12-25-44(46)38-17-6-3-7-18-38)39-31-29-37(30-32-39)42-23-16-24-43(33-42)56-60-54(40-19-8-4-9-20-40)59-55(61-56)41-21-10-5-11-22-41/h3-36H,1-2H3. The Labute approximate surface area is 356 Å². The average molecular weight is 781 g/mol. The predicted octanol–water partition coefficient (Wildman–Crippen LogP) is 14.4. The Morgan fingerprint density at radius 2 is 0.787 bits per heavy atom. The zero-order chi connectivity index (χ0) is 40.9. The van der Waals surface area contributed by atoms with Gasteiger partial charge in [0.1, 0.15) is 0 Å². The second-order valence-electron chi connectivity index (χ2n) is 16.2. The molecule has 1 aliphatic carbocycles. The first-order valence-corrected chi connectivity index (χ1v) is 20.8. The van der Waals surface area contributed by atoms with Crippen molar-refractivity contribution in [3.63, 3.8) is 0 Å². The number of hydrogen-bond donors (Lipinski definition) is 0. The van der Waals surface area contributed by atoms with E-state index >= 15 is 0 Å². The Kier molecular flexibility index (Phi) is 8.79.